The van der Waals surface area contributed by atoms with Crippen LogP contribution in [-0.2, 0) is 36.9 Å². The highest BCUT2D eigenvalue weighted by Gasteiger charge is 2.34. The molecule has 0 aliphatic carbocycles. The second-order valence-electron chi connectivity index (χ2n) is 16.7. The van der Waals surface area contributed by atoms with Gasteiger partial charge < -0.3 is 23.7 Å². The van der Waals surface area contributed by atoms with Gasteiger partial charge in [-0.15, -0.1) is 11.3 Å². The number of esters is 1. The Labute approximate surface area is 396 Å². The highest BCUT2D eigenvalue weighted by molar-refractivity contribution is 7.86. The van der Waals surface area contributed by atoms with Gasteiger partial charge >= 0.3 is 5.97 Å². The van der Waals surface area contributed by atoms with Gasteiger partial charge in [-0.25, -0.2) is 19.2 Å². The Hall–Kier alpha value is -5.77. The van der Waals surface area contributed by atoms with Crippen molar-refractivity contribution in [1.29, 1.82) is 0 Å². The Morgan fingerprint density at radius 1 is 0.879 bits per heavy atom. The lowest BCUT2D eigenvalue weighted by atomic mass is 9.92. The fourth-order valence-corrected chi connectivity index (χ4v) is 10.0. The standard InChI is InChI=1S/C50H45Cl2FN2O9S2/c1-28-12-19-37(20-13-28)66(57,58)61-26-36-25-59-35-18-21-38(60-24-31-10-8-7-9-11-31)33(22-35)23-39(49(56)64-50(4,5)6)63-47-42-41(40-29(2)43(51)45(62-36)44(52)30(40)3)46(65-48(42)55-27-54-47)32-14-16-34(53)17-15-32/h7-22,27,36,39H,23-26H2,1-6H3/t36-,39+/m0/s1. The summed E-state index contributed by atoms with van der Waals surface area (Å²) in [5, 5.41) is 0.680. The molecule has 0 fully saturated rings. The number of aromatic nitrogens is 2. The van der Waals surface area contributed by atoms with Gasteiger partial charge in [-0.2, -0.15) is 8.42 Å². The third kappa shape index (κ3) is 10.3. The highest BCUT2D eigenvalue weighted by Crippen LogP contribution is 2.53. The van der Waals surface area contributed by atoms with Crippen LogP contribution in [0.3, 0.4) is 0 Å². The van der Waals surface area contributed by atoms with E-state index >= 15 is 0 Å². The van der Waals surface area contributed by atoms with E-state index in [1.807, 2.05) is 37.3 Å². The quantitative estimate of drug-likeness (QED) is 0.101. The first-order chi connectivity index (χ1) is 31.5. The molecule has 66 heavy (non-hydrogen) atoms. The van der Waals surface area contributed by atoms with E-state index in [2.05, 4.69) is 9.97 Å². The van der Waals surface area contributed by atoms with Crippen LogP contribution in [0, 0.1) is 26.6 Å². The van der Waals surface area contributed by atoms with Crippen LogP contribution in [0.5, 0.6) is 23.1 Å². The SMILES string of the molecule is Cc1ccc(S(=O)(=O)OC[C@@H]2COc3ccc(OCc4ccccc4)c(c3)C[C@H](C(=O)OC(C)(C)C)Oc3ncnc4sc(-c5ccc(F)cc5)c(c34)-c3c(C)c(Cl)c(c(Cl)c3C)O2)cc1. The minimum atomic E-state index is -4.26. The summed E-state index contributed by atoms with van der Waals surface area (Å²) in [6, 6.07) is 27.0. The molecule has 0 N–H and O–H groups in total. The van der Waals surface area contributed by atoms with E-state index in [1.54, 1.807) is 77.1 Å². The number of benzene rings is 5. The summed E-state index contributed by atoms with van der Waals surface area (Å²) < 4.78 is 79.0. The normalized spacial score (nSPS) is 15.3. The lowest BCUT2D eigenvalue weighted by Gasteiger charge is -2.25. The van der Waals surface area contributed by atoms with E-state index in [-0.39, 0.29) is 46.2 Å². The molecule has 0 unspecified atom stereocenters. The van der Waals surface area contributed by atoms with Crippen molar-refractivity contribution in [3.05, 3.63) is 147 Å². The van der Waals surface area contributed by atoms with Crippen molar-refractivity contribution in [2.45, 2.75) is 77.3 Å². The Morgan fingerprint density at radius 2 is 1.58 bits per heavy atom. The number of ether oxygens (including phenoxy) is 5. The summed E-state index contributed by atoms with van der Waals surface area (Å²) in [5.74, 6) is -0.201. The van der Waals surface area contributed by atoms with Crippen LogP contribution in [0.2, 0.25) is 10.0 Å². The predicted molar refractivity (Wildman–Crippen MR) is 253 cm³/mol. The summed E-state index contributed by atoms with van der Waals surface area (Å²) in [7, 11) is -4.26. The smallest absolute Gasteiger partial charge is 0.348 e. The lowest BCUT2D eigenvalue weighted by molar-refractivity contribution is -0.163. The minimum Gasteiger partial charge on any atom is -0.490 e. The number of carbonyl (C=O) groups excluding carboxylic acids is 1. The third-order valence-corrected chi connectivity index (χ3v) is 14.0. The van der Waals surface area contributed by atoms with Crippen molar-refractivity contribution in [2.75, 3.05) is 13.2 Å². The van der Waals surface area contributed by atoms with Crippen molar-refractivity contribution in [1.82, 2.24) is 9.97 Å². The van der Waals surface area contributed by atoms with Gasteiger partial charge in [0.25, 0.3) is 10.1 Å². The van der Waals surface area contributed by atoms with Crippen LogP contribution in [0.25, 0.3) is 31.8 Å². The van der Waals surface area contributed by atoms with Gasteiger partial charge in [-0.05, 0) is 112 Å². The molecule has 5 aromatic carbocycles. The molecule has 0 saturated carbocycles. The average molecular weight is 972 g/mol. The van der Waals surface area contributed by atoms with Gasteiger partial charge in [0.05, 0.1) is 20.3 Å². The van der Waals surface area contributed by atoms with Crippen molar-refractivity contribution < 1.29 is 45.5 Å². The first-order valence-electron chi connectivity index (χ1n) is 20.9. The highest BCUT2D eigenvalue weighted by atomic mass is 35.5. The number of carbonyl (C=O) groups is 1. The van der Waals surface area contributed by atoms with Crippen molar-refractivity contribution in [3.8, 4) is 44.7 Å². The molecule has 342 valence electrons. The molecule has 16 heteroatoms. The number of halogens is 3. The van der Waals surface area contributed by atoms with Crippen LogP contribution in [0.15, 0.2) is 108 Å². The van der Waals surface area contributed by atoms with Crippen LogP contribution in [0.4, 0.5) is 4.39 Å². The van der Waals surface area contributed by atoms with Crippen molar-refractivity contribution in [3.63, 3.8) is 0 Å². The number of fused-ring (bicyclic) bond motifs is 7. The number of nitrogens with zero attached hydrogens (tertiary/aromatic N) is 2. The maximum Gasteiger partial charge on any atom is 0.348 e. The molecule has 11 nitrogen and oxygen atoms in total. The van der Waals surface area contributed by atoms with E-state index < -0.39 is 46.3 Å². The second kappa shape index (κ2) is 19.2. The molecular weight excluding hydrogens is 927 g/mol. The zero-order chi connectivity index (χ0) is 46.9. The number of hydrogen-bond acceptors (Lipinski definition) is 12. The van der Waals surface area contributed by atoms with Gasteiger partial charge in [0.1, 0.15) is 53.9 Å². The van der Waals surface area contributed by atoms with Gasteiger partial charge in [0.2, 0.25) is 12.0 Å². The molecule has 0 radical (unpaired) electrons. The fourth-order valence-electron chi connectivity index (χ4n) is 7.42. The van der Waals surface area contributed by atoms with Crippen molar-refractivity contribution in [2.24, 2.45) is 0 Å². The van der Waals surface area contributed by atoms with Crippen LogP contribution in [0.1, 0.15) is 48.6 Å². The molecule has 2 aliphatic rings. The van der Waals surface area contributed by atoms with E-state index in [9.17, 15) is 17.6 Å². The molecular formula is C50H45Cl2FN2O9S2. The zero-order valence-corrected chi connectivity index (χ0v) is 40.0. The Bertz CT molecular complexity index is 3010. The molecule has 7 aromatic rings. The molecule has 0 spiro atoms. The molecule has 2 atom stereocenters. The van der Waals surface area contributed by atoms with Crippen molar-refractivity contribution >= 4 is 60.8 Å². The fraction of sp³-hybridized carbons (Fsp3) is 0.260. The number of thiophene rings is 1. The summed E-state index contributed by atoms with van der Waals surface area (Å²) in [6.07, 6.45) is -1.13. The van der Waals surface area contributed by atoms with E-state index in [1.165, 1.54) is 41.9 Å². The molecule has 2 aromatic heterocycles. The Kier molecular flexibility index (Phi) is 13.6. The zero-order valence-electron chi connectivity index (χ0n) is 36.8. The monoisotopic (exact) mass is 970 g/mol. The molecule has 0 amide bonds. The first kappa shape index (κ1) is 46.7. The molecule has 4 heterocycles. The second-order valence-corrected chi connectivity index (χ2v) is 20.1. The maximum absolute atomic E-state index is 14.4. The minimum absolute atomic E-state index is 0.0359. The van der Waals surface area contributed by atoms with Gasteiger partial charge in [0.15, 0.2) is 11.9 Å². The van der Waals surface area contributed by atoms with E-state index in [4.69, 9.17) is 51.1 Å². The van der Waals surface area contributed by atoms with Gasteiger partial charge in [-0.1, -0.05) is 83.4 Å². The number of aryl methyl sites for hydroxylation is 1. The third-order valence-electron chi connectivity index (χ3n) is 10.7. The van der Waals surface area contributed by atoms with E-state index in [0.717, 1.165) is 11.1 Å². The van der Waals surface area contributed by atoms with Crippen LogP contribution in [-0.4, -0.2) is 55.4 Å². The van der Waals surface area contributed by atoms with Crippen LogP contribution >= 0.6 is 34.5 Å². The van der Waals surface area contributed by atoms with Crippen LogP contribution < -0.4 is 18.9 Å². The maximum atomic E-state index is 14.4. The molecule has 4 bridgehead atoms. The predicted octanol–water partition coefficient (Wildman–Crippen LogP) is 11.9. The molecule has 0 saturated heterocycles. The first-order valence-corrected chi connectivity index (χ1v) is 23.9. The average Bonchev–Trinajstić information content (AvgIpc) is 3.67. The number of hydrogen-bond donors (Lipinski definition) is 0. The summed E-state index contributed by atoms with van der Waals surface area (Å²) in [6.45, 7) is 10.2. The topological polar surface area (TPSA) is 132 Å². The molecule has 2 aliphatic heterocycles. The van der Waals surface area contributed by atoms with E-state index in [0.29, 0.717) is 60.0 Å². The number of rotatable bonds is 9. The summed E-state index contributed by atoms with van der Waals surface area (Å²) >= 11 is 15.8. The molecule has 9 rings (SSSR count). The summed E-state index contributed by atoms with van der Waals surface area (Å²) in [5.41, 5.74) is 4.26. The lowest BCUT2D eigenvalue weighted by Crippen LogP contribution is -2.37. The Morgan fingerprint density at radius 3 is 2.26 bits per heavy atom. The van der Waals surface area contributed by atoms with Gasteiger partial charge in [-0.3, -0.25) is 4.18 Å². The summed E-state index contributed by atoms with van der Waals surface area (Å²) in [4.78, 5) is 24.8. The van der Waals surface area contributed by atoms with Gasteiger partial charge in [0, 0.05) is 22.4 Å². The largest absolute Gasteiger partial charge is 0.490 e. The Balaban J connectivity index is 1.33.